The van der Waals surface area contributed by atoms with E-state index in [1.807, 2.05) is 10.8 Å². The van der Waals surface area contributed by atoms with Crippen LogP contribution >= 0.6 is 0 Å². The van der Waals surface area contributed by atoms with Crippen LogP contribution in [-0.4, -0.2) is 52.1 Å². The minimum Gasteiger partial charge on any atom is -0.475 e. The van der Waals surface area contributed by atoms with E-state index in [9.17, 15) is 21.6 Å². The molecule has 0 aromatic carbocycles. The van der Waals surface area contributed by atoms with Gasteiger partial charge in [-0.1, -0.05) is 6.58 Å². The fraction of sp³-hybridized carbons (Fsp3) is 0.500. The predicted molar refractivity (Wildman–Crippen MR) is 74.8 cm³/mol. The van der Waals surface area contributed by atoms with Gasteiger partial charge in [-0.15, -0.1) is 0 Å². The van der Waals surface area contributed by atoms with Crippen LogP contribution in [0.3, 0.4) is 0 Å². The molecule has 7 nitrogen and oxygen atoms in total. The van der Waals surface area contributed by atoms with Crippen molar-refractivity contribution in [2.45, 2.75) is 31.6 Å². The fourth-order valence-electron chi connectivity index (χ4n) is 2.06. The molecule has 1 aliphatic rings. The lowest BCUT2D eigenvalue weighted by Crippen LogP contribution is -2.36. The first-order valence-corrected chi connectivity index (χ1v) is 7.98. The normalized spacial score (nSPS) is 19.0. The molecule has 130 valence electrons. The third-order valence-electron chi connectivity index (χ3n) is 3.08. The largest absolute Gasteiger partial charge is 0.490 e. The highest BCUT2D eigenvalue weighted by Gasteiger charge is 2.38. The lowest BCUT2D eigenvalue weighted by Gasteiger charge is -2.22. The van der Waals surface area contributed by atoms with Crippen LogP contribution < -0.4 is 0 Å². The molecular formula is C12H16F3N3O4S. The standard InChI is InChI=1S/C10H15N3O2S.C2HF3O2/c1-2-16(14,15)13-6-3-4-10(13)8-12-7-5-11-9-12;3-2(4,5)1(6)7/h2,5,7,9-10H,1,3-4,6,8H2;(H,6,7)/t10-;/m1./s1. The summed E-state index contributed by atoms with van der Waals surface area (Å²) in [6.45, 7) is 4.61. The number of alkyl halides is 3. The van der Waals surface area contributed by atoms with Crippen LogP contribution in [0.2, 0.25) is 0 Å². The van der Waals surface area contributed by atoms with Gasteiger partial charge in [-0.25, -0.2) is 18.2 Å². The zero-order valence-corrected chi connectivity index (χ0v) is 12.8. The van der Waals surface area contributed by atoms with Crippen molar-refractivity contribution >= 4 is 16.0 Å². The Morgan fingerprint density at radius 3 is 2.52 bits per heavy atom. The smallest absolute Gasteiger partial charge is 0.475 e. The van der Waals surface area contributed by atoms with Crippen molar-refractivity contribution in [3.63, 3.8) is 0 Å². The third-order valence-corrected chi connectivity index (χ3v) is 4.64. The van der Waals surface area contributed by atoms with Gasteiger partial charge in [0.15, 0.2) is 0 Å². The highest BCUT2D eigenvalue weighted by molar-refractivity contribution is 7.92. The summed E-state index contributed by atoms with van der Waals surface area (Å²) in [5.41, 5.74) is 0. The van der Waals surface area contributed by atoms with E-state index in [1.54, 1.807) is 12.5 Å². The van der Waals surface area contributed by atoms with Gasteiger partial charge in [-0.05, 0) is 12.8 Å². The summed E-state index contributed by atoms with van der Waals surface area (Å²) in [7, 11) is -3.29. The SMILES string of the molecule is C=CS(=O)(=O)N1CCC[C@@H]1Cn1ccnc1.O=C(O)C(F)(F)F. The highest BCUT2D eigenvalue weighted by atomic mass is 32.2. The number of sulfonamides is 1. The lowest BCUT2D eigenvalue weighted by atomic mass is 10.2. The number of carboxylic acid groups (broad SMARTS) is 1. The Balaban J connectivity index is 0.000000322. The van der Waals surface area contributed by atoms with Gasteiger partial charge in [-0.3, -0.25) is 0 Å². The number of hydrogen-bond acceptors (Lipinski definition) is 4. The molecule has 1 aromatic heterocycles. The molecule has 0 saturated carbocycles. The van der Waals surface area contributed by atoms with E-state index in [2.05, 4.69) is 11.6 Å². The average Bonchev–Trinajstić information content (AvgIpc) is 3.10. The van der Waals surface area contributed by atoms with E-state index in [0.717, 1.165) is 18.2 Å². The van der Waals surface area contributed by atoms with Gasteiger partial charge in [-0.2, -0.15) is 17.5 Å². The van der Waals surface area contributed by atoms with Crippen molar-refractivity contribution in [1.82, 2.24) is 13.9 Å². The maximum absolute atomic E-state index is 11.7. The number of carboxylic acids is 1. The van der Waals surface area contributed by atoms with Gasteiger partial charge in [0.2, 0.25) is 10.0 Å². The molecule has 0 amide bonds. The van der Waals surface area contributed by atoms with Crippen molar-refractivity contribution in [3.05, 3.63) is 30.7 Å². The number of nitrogens with zero attached hydrogens (tertiary/aromatic N) is 3. The minimum absolute atomic E-state index is 0.0252. The van der Waals surface area contributed by atoms with Crippen molar-refractivity contribution in [2.24, 2.45) is 0 Å². The molecule has 11 heteroatoms. The summed E-state index contributed by atoms with van der Waals surface area (Å²) in [6, 6.07) is 0.0252. The van der Waals surface area contributed by atoms with Crippen LogP contribution in [0.25, 0.3) is 0 Å². The number of imidazole rings is 1. The fourth-order valence-corrected chi connectivity index (χ4v) is 3.22. The van der Waals surface area contributed by atoms with Crippen molar-refractivity contribution in [2.75, 3.05) is 6.54 Å². The molecule has 1 saturated heterocycles. The first-order chi connectivity index (χ1) is 10.6. The first kappa shape index (κ1) is 19.2. The molecule has 1 aromatic rings. The molecule has 0 radical (unpaired) electrons. The Morgan fingerprint density at radius 2 is 2.09 bits per heavy atom. The second kappa shape index (κ2) is 7.59. The maximum atomic E-state index is 11.7. The van der Waals surface area contributed by atoms with E-state index < -0.39 is 22.2 Å². The predicted octanol–water partition coefficient (Wildman–Crippen LogP) is 1.45. The van der Waals surface area contributed by atoms with Crippen molar-refractivity contribution < 1.29 is 31.5 Å². The van der Waals surface area contributed by atoms with Crippen molar-refractivity contribution in [1.29, 1.82) is 0 Å². The molecule has 0 bridgehead atoms. The molecule has 2 heterocycles. The molecule has 0 spiro atoms. The van der Waals surface area contributed by atoms with Crippen molar-refractivity contribution in [3.8, 4) is 0 Å². The van der Waals surface area contributed by atoms with Crippen LogP contribution in [0.1, 0.15) is 12.8 Å². The van der Waals surface area contributed by atoms with E-state index in [1.165, 1.54) is 4.31 Å². The van der Waals surface area contributed by atoms with Gasteiger partial charge in [0, 0.05) is 36.9 Å². The summed E-state index contributed by atoms with van der Waals surface area (Å²) in [4.78, 5) is 12.8. The van der Waals surface area contributed by atoms with Gasteiger partial charge in [0.25, 0.3) is 0 Å². The maximum Gasteiger partial charge on any atom is 0.490 e. The van der Waals surface area contributed by atoms with Crippen LogP contribution in [0.15, 0.2) is 30.7 Å². The third kappa shape index (κ3) is 5.67. The summed E-state index contributed by atoms with van der Waals surface area (Å²) in [5, 5.41) is 8.15. The average molecular weight is 355 g/mol. The summed E-state index contributed by atoms with van der Waals surface area (Å²) >= 11 is 0. The number of rotatable bonds is 4. The van der Waals surface area contributed by atoms with Crippen LogP contribution in [0.5, 0.6) is 0 Å². The molecule has 1 N–H and O–H groups in total. The summed E-state index contributed by atoms with van der Waals surface area (Å²) < 4.78 is 58.6. The van der Waals surface area contributed by atoms with E-state index in [-0.39, 0.29) is 6.04 Å². The van der Waals surface area contributed by atoms with Gasteiger partial charge in [0.05, 0.1) is 6.33 Å². The zero-order chi connectivity index (χ0) is 17.7. The molecule has 0 aliphatic carbocycles. The molecule has 1 aliphatic heterocycles. The van der Waals surface area contributed by atoms with Crippen LogP contribution in [-0.2, 0) is 21.4 Å². The number of halogens is 3. The first-order valence-electron chi connectivity index (χ1n) is 6.48. The van der Waals surface area contributed by atoms with E-state index in [4.69, 9.17) is 9.90 Å². The van der Waals surface area contributed by atoms with E-state index >= 15 is 0 Å². The Kier molecular flexibility index (Phi) is 6.33. The zero-order valence-electron chi connectivity index (χ0n) is 12.0. The monoisotopic (exact) mass is 355 g/mol. The molecular weight excluding hydrogens is 339 g/mol. The topological polar surface area (TPSA) is 92.5 Å². The second-order valence-corrected chi connectivity index (χ2v) is 6.51. The number of carbonyl (C=O) groups is 1. The molecule has 0 unspecified atom stereocenters. The minimum atomic E-state index is -5.08. The van der Waals surface area contributed by atoms with Gasteiger partial charge < -0.3 is 9.67 Å². The Labute approximate surface area is 131 Å². The van der Waals surface area contributed by atoms with Gasteiger partial charge >= 0.3 is 12.1 Å². The van der Waals surface area contributed by atoms with Gasteiger partial charge in [0.1, 0.15) is 0 Å². The quantitative estimate of drug-likeness (QED) is 0.883. The lowest BCUT2D eigenvalue weighted by molar-refractivity contribution is -0.192. The number of aromatic nitrogens is 2. The summed E-state index contributed by atoms with van der Waals surface area (Å²) in [5.74, 6) is -2.76. The molecule has 1 fully saturated rings. The van der Waals surface area contributed by atoms with Crippen LogP contribution in [0.4, 0.5) is 13.2 Å². The number of hydrogen-bond donors (Lipinski definition) is 1. The Bertz CT molecular complexity index is 628. The summed E-state index contributed by atoms with van der Waals surface area (Å²) in [6.07, 6.45) is 1.97. The second-order valence-electron chi connectivity index (χ2n) is 4.68. The molecule has 1 atom stereocenters. The molecule has 23 heavy (non-hydrogen) atoms. The van der Waals surface area contributed by atoms with Crippen LogP contribution in [0, 0.1) is 0 Å². The Morgan fingerprint density at radius 1 is 1.48 bits per heavy atom. The highest BCUT2D eigenvalue weighted by Crippen LogP contribution is 2.22. The molecule has 2 rings (SSSR count). The Hall–Kier alpha value is -1.88. The number of aliphatic carboxylic acids is 1. The van der Waals surface area contributed by atoms with E-state index in [0.29, 0.717) is 13.1 Å².